The topological polar surface area (TPSA) is 18.5 Å². The molecule has 32 heavy (non-hydrogen) atoms. The van der Waals surface area contributed by atoms with Gasteiger partial charge >= 0.3 is 0 Å². The number of hydrogen-bond acceptors (Lipinski definition) is 2. The van der Waals surface area contributed by atoms with E-state index >= 15 is 0 Å². The number of ether oxygens (including phenoxy) is 2. The van der Waals surface area contributed by atoms with Crippen LogP contribution in [0.1, 0.15) is 24.0 Å². The summed E-state index contributed by atoms with van der Waals surface area (Å²) in [5, 5.41) is 1.35. The van der Waals surface area contributed by atoms with Crippen molar-refractivity contribution in [1.29, 1.82) is 0 Å². The van der Waals surface area contributed by atoms with E-state index < -0.39 is 0 Å². The second kappa shape index (κ2) is 11.2. The first-order valence-corrected chi connectivity index (χ1v) is 12.2. The molecule has 3 heteroatoms. The Bertz CT molecular complexity index is 967. The maximum atomic E-state index is 6.22. The number of allylic oxidation sites excluding steroid dienone is 2. The lowest BCUT2D eigenvalue weighted by Crippen LogP contribution is -2.29. The minimum absolute atomic E-state index is 0.0619. The van der Waals surface area contributed by atoms with Crippen LogP contribution in [0, 0.1) is 5.41 Å². The van der Waals surface area contributed by atoms with Gasteiger partial charge in [-0.3, -0.25) is 0 Å². The summed E-state index contributed by atoms with van der Waals surface area (Å²) in [6, 6.07) is 31.4. The highest BCUT2D eigenvalue weighted by atomic mass is 28.2. The average Bonchev–Trinajstić information content (AvgIpc) is 3.15. The Labute approximate surface area is 194 Å². The van der Waals surface area contributed by atoms with E-state index in [9.17, 15) is 0 Å². The molecular formula is C29H30O2Si. The molecule has 0 bridgehead atoms. The molecule has 1 saturated carbocycles. The molecule has 3 aromatic rings. The van der Waals surface area contributed by atoms with Crippen LogP contribution in [-0.4, -0.2) is 22.7 Å². The van der Waals surface area contributed by atoms with E-state index in [-0.39, 0.29) is 5.41 Å². The molecular weight excluding hydrogens is 408 g/mol. The molecule has 0 aliphatic heterocycles. The molecule has 0 N–H and O–H groups in total. The van der Waals surface area contributed by atoms with Crippen molar-refractivity contribution in [3.63, 3.8) is 0 Å². The largest absolute Gasteiger partial charge is 0.376 e. The molecule has 1 fully saturated rings. The van der Waals surface area contributed by atoms with Crippen LogP contribution in [0.4, 0.5) is 0 Å². The normalized spacial score (nSPS) is 16.5. The predicted molar refractivity (Wildman–Crippen MR) is 133 cm³/mol. The van der Waals surface area contributed by atoms with Crippen LogP contribution >= 0.6 is 0 Å². The molecule has 3 aromatic carbocycles. The van der Waals surface area contributed by atoms with Crippen molar-refractivity contribution >= 4 is 14.7 Å². The van der Waals surface area contributed by atoms with Crippen LogP contribution < -0.4 is 5.19 Å². The number of rotatable bonds is 10. The summed E-state index contributed by atoms with van der Waals surface area (Å²) < 4.78 is 12.4. The summed E-state index contributed by atoms with van der Waals surface area (Å²) in [4.78, 5) is 0. The van der Waals surface area contributed by atoms with Gasteiger partial charge in [0.2, 0.25) is 0 Å². The molecule has 0 spiro atoms. The van der Waals surface area contributed by atoms with E-state index in [0.717, 1.165) is 12.8 Å². The lowest BCUT2D eigenvalue weighted by molar-refractivity contribution is -0.0262. The SMILES string of the molecule is C=C1CC(COCc2ccccc2)(COCc2ccccc2)C/C1=C\[Si]c1ccccc1. The van der Waals surface area contributed by atoms with Gasteiger partial charge in [-0.05, 0) is 24.0 Å². The van der Waals surface area contributed by atoms with Crippen molar-refractivity contribution in [3.8, 4) is 0 Å². The molecule has 0 atom stereocenters. The van der Waals surface area contributed by atoms with Crippen molar-refractivity contribution in [1.82, 2.24) is 0 Å². The summed E-state index contributed by atoms with van der Waals surface area (Å²) in [6.07, 6.45) is 1.87. The van der Waals surface area contributed by atoms with E-state index in [1.54, 1.807) is 0 Å². The monoisotopic (exact) mass is 438 g/mol. The van der Waals surface area contributed by atoms with Crippen LogP contribution in [0.2, 0.25) is 0 Å². The molecule has 2 radical (unpaired) electrons. The fourth-order valence-corrected chi connectivity index (χ4v) is 5.21. The third kappa shape index (κ3) is 6.39. The molecule has 0 aromatic heterocycles. The molecule has 4 rings (SSSR count). The van der Waals surface area contributed by atoms with E-state index in [4.69, 9.17) is 9.47 Å². The zero-order chi connectivity index (χ0) is 22.1. The van der Waals surface area contributed by atoms with Crippen molar-refractivity contribution in [3.05, 3.63) is 126 Å². The molecule has 0 heterocycles. The fourth-order valence-electron chi connectivity index (χ4n) is 4.18. The van der Waals surface area contributed by atoms with Crippen molar-refractivity contribution in [2.75, 3.05) is 13.2 Å². The van der Waals surface area contributed by atoms with Gasteiger partial charge in [0.1, 0.15) is 9.52 Å². The van der Waals surface area contributed by atoms with Gasteiger partial charge in [-0.1, -0.05) is 120 Å². The van der Waals surface area contributed by atoms with E-state index in [2.05, 4.69) is 91.1 Å². The summed E-state index contributed by atoms with van der Waals surface area (Å²) in [5.74, 6) is 0. The maximum absolute atomic E-state index is 6.22. The van der Waals surface area contributed by atoms with Crippen LogP contribution in [0.3, 0.4) is 0 Å². The summed E-state index contributed by atoms with van der Waals surface area (Å²) in [7, 11) is 0.656. The van der Waals surface area contributed by atoms with Gasteiger partial charge in [-0.25, -0.2) is 0 Å². The van der Waals surface area contributed by atoms with E-state index in [0.29, 0.717) is 35.9 Å². The number of hydrogen-bond donors (Lipinski definition) is 0. The zero-order valence-electron chi connectivity index (χ0n) is 18.5. The summed E-state index contributed by atoms with van der Waals surface area (Å²) >= 11 is 0. The van der Waals surface area contributed by atoms with Gasteiger partial charge in [-0.15, -0.1) is 0 Å². The van der Waals surface area contributed by atoms with Gasteiger partial charge in [0.05, 0.1) is 26.4 Å². The van der Waals surface area contributed by atoms with Crippen LogP contribution in [0.25, 0.3) is 0 Å². The Morgan fingerprint density at radius 3 is 1.75 bits per heavy atom. The van der Waals surface area contributed by atoms with Crippen LogP contribution in [0.15, 0.2) is 114 Å². The highest BCUT2D eigenvalue weighted by Crippen LogP contribution is 2.45. The Morgan fingerprint density at radius 2 is 1.22 bits per heavy atom. The second-order valence-electron chi connectivity index (χ2n) is 8.59. The standard InChI is InChI=1S/C29H30O2Si/c1-24-17-29(22-30-19-25-11-5-2-6-12-25,23-31-20-26-13-7-3-8-14-26)18-27(24)21-32-28-15-9-4-10-16-28/h2-16,21H,1,17-20,22-23H2/b27-21+. The van der Waals surface area contributed by atoms with Crippen molar-refractivity contribution in [2.24, 2.45) is 5.41 Å². The van der Waals surface area contributed by atoms with E-state index in [1.807, 2.05) is 12.1 Å². The fraction of sp³-hybridized carbons (Fsp3) is 0.241. The molecule has 0 amide bonds. The Balaban J connectivity index is 1.42. The van der Waals surface area contributed by atoms with Crippen molar-refractivity contribution < 1.29 is 9.47 Å². The van der Waals surface area contributed by atoms with Crippen LogP contribution in [0.5, 0.6) is 0 Å². The third-order valence-electron chi connectivity index (χ3n) is 5.83. The van der Waals surface area contributed by atoms with E-state index in [1.165, 1.54) is 27.5 Å². The molecule has 162 valence electrons. The number of benzene rings is 3. The van der Waals surface area contributed by atoms with Gasteiger partial charge in [0.15, 0.2) is 0 Å². The lowest BCUT2D eigenvalue weighted by atomic mass is 9.87. The summed E-state index contributed by atoms with van der Waals surface area (Å²) in [6.45, 7) is 6.98. The van der Waals surface area contributed by atoms with Crippen molar-refractivity contribution in [2.45, 2.75) is 26.1 Å². The highest BCUT2D eigenvalue weighted by molar-refractivity contribution is 6.58. The minimum atomic E-state index is -0.0619. The molecule has 0 unspecified atom stereocenters. The highest BCUT2D eigenvalue weighted by Gasteiger charge is 2.39. The minimum Gasteiger partial charge on any atom is -0.376 e. The lowest BCUT2D eigenvalue weighted by Gasteiger charge is -2.28. The smallest absolute Gasteiger partial charge is 0.111 e. The third-order valence-corrected chi connectivity index (χ3v) is 6.99. The molecule has 1 aliphatic carbocycles. The molecule has 2 nitrogen and oxygen atoms in total. The van der Waals surface area contributed by atoms with Crippen LogP contribution in [-0.2, 0) is 22.7 Å². The molecule has 0 saturated heterocycles. The van der Waals surface area contributed by atoms with Gasteiger partial charge in [-0.2, -0.15) is 0 Å². The Hall–Kier alpha value is -2.72. The Morgan fingerprint density at radius 1 is 0.719 bits per heavy atom. The predicted octanol–water partition coefficient (Wildman–Crippen LogP) is 5.67. The first-order valence-electron chi connectivity index (χ1n) is 11.1. The Kier molecular flexibility index (Phi) is 7.89. The maximum Gasteiger partial charge on any atom is 0.111 e. The average molecular weight is 439 g/mol. The van der Waals surface area contributed by atoms with Gasteiger partial charge in [0, 0.05) is 5.41 Å². The second-order valence-corrected chi connectivity index (χ2v) is 9.75. The molecule has 1 aliphatic rings. The van der Waals surface area contributed by atoms with Gasteiger partial charge in [0.25, 0.3) is 0 Å². The zero-order valence-corrected chi connectivity index (χ0v) is 19.5. The first kappa shape index (κ1) is 22.5. The van der Waals surface area contributed by atoms with Gasteiger partial charge < -0.3 is 9.47 Å². The quantitative estimate of drug-likeness (QED) is 0.380. The first-order chi connectivity index (χ1) is 15.7. The summed E-state index contributed by atoms with van der Waals surface area (Å²) in [5.41, 5.74) is 7.29.